The Balaban J connectivity index is 2.24. The Morgan fingerprint density at radius 2 is 1.74 bits per heavy atom. The van der Waals surface area contributed by atoms with Gasteiger partial charge in [0, 0.05) is 21.9 Å². The van der Waals surface area contributed by atoms with E-state index in [2.05, 4.69) is 19.1 Å². The number of Topliss-reactive ketones (excluding diaryl/α,β-unsaturated/α-hetero) is 1. The fourth-order valence-electron chi connectivity index (χ4n) is 2.73. The summed E-state index contributed by atoms with van der Waals surface area (Å²) >= 11 is 7.71. The van der Waals surface area contributed by atoms with E-state index in [4.69, 9.17) is 11.6 Å². The third-order valence-electron chi connectivity index (χ3n) is 3.87. The van der Waals surface area contributed by atoms with Crippen LogP contribution >= 0.6 is 22.9 Å². The second-order valence-electron chi connectivity index (χ2n) is 5.41. The van der Waals surface area contributed by atoms with Crippen LogP contribution in [0.25, 0.3) is 21.6 Å². The van der Waals surface area contributed by atoms with Crippen molar-refractivity contribution in [3.05, 3.63) is 70.1 Å². The van der Waals surface area contributed by atoms with Crippen molar-refractivity contribution in [2.75, 3.05) is 0 Å². The van der Waals surface area contributed by atoms with Crippen molar-refractivity contribution < 1.29 is 4.79 Å². The molecule has 0 N–H and O–H groups in total. The number of hydrogen-bond acceptors (Lipinski definition) is 2. The van der Waals surface area contributed by atoms with Gasteiger partial charge in [-0.15, -0.1) is 11.3 Å². The summed E-state index contributed by atoms with van der Waals surface area (Å²) in [5.41, 5.74) is 4.34. The SMILES string of the molecule is CCC(=O)c1sc(-c2cccc(Cl)c2)c(C)c1-c1ccccc1. The molecule has 0 bridgehead atoms. The smallest absolute Gasteiger partial charge is 0.173 e. The quantitative estimate of drug-likeness (QED) is 0.487. The zero-order chi connectivity index (χ0) is 16.4. The predicted molar refractivity (Wildman–Crippen MR) is 99.6 cm³/mol. The van der Waals surface area contributed by atoms with Crippen LogP contribution in [0.5, 0.6) is 0 Å². The largest absolute Gasteiger partial charge is 0.293 e. The molecule has 23 heavy (non-hydrogen) atoms. The van der Waals surface area contributed by atoms with Crippen LogP contribution in [0.4, 0.5) is 0 Å². The van der Waals surface area contributed by atoms with Gasteiger partial charge in [0.1, 0.15) is 0 Å². The van der Waals surface area contributed by atoms with E-state index in [1.54, 1.807) is 11.3 Å². The fraction of sp³-hybridized carbons (Fsp3) is 0.150. The summed E-state index contributed by atoms with van der Waals surface area (Å²) in [6, 6.07) is 17.9. The summed E-state index contributed by atoms with van der Waals surface area (Å²) in [6.45, 7) is 3.99. The summed E-state index contributed by atoms with van der Waals surface area (Å²) in [7, 11) is 0. The van der Waals surface area contributed by atoms with E-state index in [1.807, 2.05) is 49.4 Å². The zero-order valence-corrected chi connectivity index (χ0v) is 14.7. The normalized spacial score (nSPS) is 10.7. The van der Waals surface area contributed by atoms with E-state index in [0.29, 0.717) is 11.4 Å². The van der Waals surface area contributed by atoms with Crippen molar-refractivity contribution in [1.29, 1.82) is 0 Å². The van der Waals surface area contributed by atoms with Crippen molar-refractivity contribution in [2.24, 2.45) is 0 Å². The monoisotopic (exact) mass is 340 g/mol. The van der Waals surface area contributed by atoms with E-state index in [9.17, 15) is 4.79 Å². The number of benzene rings is 2. The first-order chi connectivity index (χ1) is 11.1. The number of carbonyl (C=O) groups excluding carboxylic acids is 1. The van der Waals surface area contributed by atoms with Crippen molar-refractivity contribution in [1.82, 2.24) is 0 Å². The highest BCUT2D eigenvalue weighted by atomic mass is 35.5. The molecule has 116 valence electrons. The molecule has 0 radical (unpaired) electrons. The molecule has 2 aromatic carbocycles. The van der Waals surface area contributed by atoms with Crippen LogP contribution in [0.1, 0.15) is 28.6 Å². The molecular weight excluding hydrogens is 324 g/mol. The molecule has 0 unspecified atom stereocenters. The molecule has 0 aliphatic heterocycles. The summed E-state index contributed by atoms with van der Waals surface area (Å²) in [4.78, 5) is 14.4. The van der Waals surface area contributed by atoms with Gasteiger partial charge in [0.25, 0.3) is 0 Å². The van der Waals surface area contributed by atoms with Crippen molar-refractivity contribution >= 4 is 28.7 Å². The van der Waals surface area contributed by atoms with E-state index >= 15 is 0 Å². The molecule has 3 aromatic rings. The third-order valence-corrected chi connectivity index (χ3v) is 5.49. The Bertz CT molecular complexity index is 849. The molecule has 0 saturated heterocycles. The lowest BCUT2D eigenvalue weighted by Gasteiger charge is -2.05. The van der Waals surface area contributed by atoms with Gasteiger partial charge >= 0.3 is 0 Å². The minimum absolute atomic E-state index is 0.185. The molecule has 3 heteroatoms. The van der Waals surface area contributed by atoms with Gasteiger partial charge in [-0.25, -0.2) is 0 Å². The molecule has 0 fully saturated rings. The molecule has 0 amide bonds. The molecule has 0 spiro atoms. The molecule has 3 rings (SSSR count). The standard InChI is InChI=1S/C20H17ClOS/c1-3-17(22)20-18(14-8-5-4-6-9-14)13(2)19(23-20)15-10-7-11-16(21)12-15/h4-12H,3H2,1-2H3. The number of carbonyl (C=O) groups is 1. The summed E-state index contributed by atoms with van der Waals surface area (Å²) in [5.74, 6) is 0.185. The van der Waals surface area contributed by atoms with Crippen LogP contribution < -0.4 is 0 Å². The van der Waals surface area contributed by atoms with Gasteiger partial charge in [-0.1, -0.05) is 61.0 Å². The maximum absolute atomic E-state index is 12.5. The van der Waals surface area contributed by atoms with E-state index in [1.165, 1.54) is 0 Å². The minimum Gasteiger partial charge on any atom is -0.293 e. The van der Waals surface area contributed by atoms with E-state index in [0.717, 1.165) is 32.0 Å². The van der Waals surface area contributed by atoms with Gasteiger partial charge in [0.15, 0.2) is 5.78 Å². The Kier molecular flexibility index (Phi) is 4.65. The lowest BCUT2D eigenvalue weighted by atomic mass is 9.97. The molecule has 0 aliphatic rings. The maximum atomic E-state index is 12.5. The lowest BCUT2D eigenvalue weighted by molar-refractivity contribution is 0.0992. The number of thiophene rings is 1. The van der Waals surface area contributed by atoms with Crippen LogP contribution in [-0.4, -0.2) is 5.78 Å². The number of hydrogen-bond donors (Lipinski definition) is 0. The van der Waals surface area contributed by atoms with Gasteiger partial charge in [-0.05, 0) is 35.7 Å². The average molecular weight is 341 g/mol. The lowest BCUT2D eigenvalue weighted by Crippen LogP contribution is -1.95. The maximum Gasteiger partial charge on any atom is 0.173 e. The van der Waals surface area contributed by atoms with Crippen LogP contribution in [0.15, 0.2) is 54.6 Å². The Morgan fingerprint density at radius 1 is 1.04 bits per heavy atom. The second kappa shape index (κ2) is 6.69. The van der Waals surface area contributed by atoms with E-state index in [-0.39, 0.29) is 5.78 Å². The van der Waals surface area contributed by atoms with Crippen LogP contribution in [0, 0.1) is 6.92 Å². The Labute approximate surface area is 145 Å². The first kappa shape index (κ1) is 16.0. The van der Waals surface area contributed by atoms with Crippen molar-refractivity contribution in [2.45, 2.75) is 20.3 Å². The van der Waals surface area contributed by atoms with Crippen molar-refractivity contribution in [3.8, 4) is 21.6 Å². The molecular formula is C20H17ClOS. The molecule has 0 atom stereocenters. The average Bonchev–Trinajstić information content (AvgIpc) is 2.92. The molecule has 1 aromatic heterocycles. The fourth-order valence-corrected chi connectivity index (χ4v) is 4.25. The Morgan fingerprint density at radius 3 is 2.39 bits per heavy atom. The topological polar surface area (TPSA) is 17.1 Å². The van der Waals surface area contributed by atoms with Gasteiger partial charge in [-0.2, -0.15) is 0 Å². The predicted octanol–water partition coefficient (Wildman–Crippen LogP) is 6.64. The number of rotatable bonds is 4. The van der Waals surface area contributed by atoms with Crippen molar-refractivity contribution in [3.63, 3.8) is 0 Å². The molecule has 1 heterocycles. The first-order valence-corrected chi connectivity index (χ1v) is 8.79. The number of ketones is 1. The summed E-state index contributed by atoms with van der Waals surface area (Å²) in [5, 5.41) is 0.708. The highest BCUT2D eigenvalue weighted by Crippen LogP contribution is 2.42. The van der Waals surface area contributed by atoms with Gasteiger partial charge in [0.05, 0.1) is 4.88 Å². The molecule has 0 aliphatic carbocycles. The molecule has 1 nitrogen and oxygen atoms in total. The van der Waals surface area contributed by atoms with Crippen LogP contribution in [0.2, 0.25) is 5.02 Å². The van der Waals surface area contributed by atoms with Crippen LogP contribution in [0.3, 0.4) is 0 Å². The second-order valence-corrected chi connectivity index (χ2v) is 6.87. The highest BCUT2D eigenvalue weighted by Gasteiger charge is 2.21. The van der Waals surface area contributed by atoms with Gasteiger partial charge in [0.2, 0.25) is 0 Å². The molecule has 0 saturated carbocycles. The summed E-state index contributed by atoms with van der Waals surface area (Å²) < 4.78 is 0. The third kappa shape index (κ3) is 3.10. The summed E-state index contributed by atoms with van der Waals surface area (Å²) in [6.07, 6.45) is 0.509. The van der Waals surface area contributed by atoms with Gasteiger partial charge in [-0.3, -0.25) is 4.79 Å². The first-order valence-electron chi connectivity index (χ1n) is 7.59. The zero-order valence-electron chi connectivity index (χ0n) is 13.1. The highest BCUT2D eigenvalue weighted by molar-refractivity contribution is 7.18. The Hall–Kier alpha value is -1.90. The number of halogens is 1. The van der Waals surface area contributed by atoms with Crippen LogP contribution in [-0.2, 0) is 0 Å². The van der Waals surface area contributed by atoms with E-state index < -0.39 is 0 Å². The van der Waals surface area contributed by atoms with Gasteiger partial charge < -0.3 is 0 Å². The minimum atomic E-state index is 0.185.